The van der Waals surface area contributed by atoms with Crippen molar-refractivity contribution < 1.29 is 17.2 Å². The molecule has 5 nitrogen and oxygen atoms in total. The zero-order valence-electron chi connectivity index (χ0n) is 16.6. The molecular formula is C23H18ClF2N3O2S. The summed E-state index contributed by atoms with van der Waals surface area (Å²) in [7, 11) is -4.05. The Morgan fingerprint density at radius 2 is 1.50 bits per heavy atom. The maximum atomic E-state index is 14.3. The number of hydrogen-bond donors (Lipinski definition) is 1. The van der Waals surface area contributed by atoms with Crippen LogP contribution in [0.15, 0.2) is 89.8 Å². The van der Waals surface area contributed by atoms with Crippen molar-refractivity contribution in [3.05, 3.63) is 101 Å². The van der Waals surface area contributed by atoms with Crippen LogP contribution in [0.4, 0.5) is 14.6 Å². The van der Waals surface area contributed by atoms with E-state index in [2.05, 4.69) is 9.82 Å². The van der Waals surface area contributed by atoms with E-state index >= 15 is 0 Å². The van der Waals surface area contributed by atoms with Gasteiger partial charge in [-0.1, -0.05) is 72.3 Å². The number of benzene rings is 3. The quantitative estimate of drug-likeness (QED) is 0.358. The lowest BCUT2D eigenvalue weighted by molar-refractivity contribution is 0.140. The Morgan fingerprint density at radius 3 is 2.09 bits per heavy atom. The van der Waals surface area contributed by atoms with Gasteiger partial charge in [0.25, 0.3) is 16.4 Å². The molecule has 0 bridgehead atoms. The fraction of sp³-hybridized carbons (Fsp3) is 0.0870. The summed E-state index contributed by atoms with van der Waals surface area (Å²) in [5, 5.41) is 4.68. The maximum absolute atomic E-state index is 14.3. The Hall–Kier alpha value is -3.23. The summed E-state index contributed by atoms with van der Waals surface area (Å²) in [5.74, 6) is -0.178. The lowest BCUT2D eigenvalue weighted by atomic mass is 10.1. The van der Waals surface area contributed by atoms with E-state index in [1.807, 2.05) is 6.07 Å². The monoisotopic (exact) mass is 473 g/mol. The molecule has 0 atom stereocenters. The summed E-state index contributed by atoms with van der Waals surface area (Å²) < 4.78 is 57.9. The third-order valence-corrected chi connectivity index (χ3v) is 6.40. The standard InChI is InChI=1S/C23H18ClF2N3O2S/c24-18-13-11-17(12-14-18)20-21(22(25)26)29(15-16-7-3-1-4-8-16)27-23(20)28-32(30,31)19-9-5-2-6-10-19/h1-14,22H,15H2,(H,27,28). The predicted molar refractivity (Wildman–Crippen MR) is 120 cm³/mol. The molecule has 0 spiro atoms. The second-order valence-corrected chi connectivity index (χ2v) is 9.10. The predicted octanol–water partition coefficient (Wildman–Crippen LogP) is 5.99. The van der Waals surface area contributed by atoms with E-state index in [0.717, 1.165) is 10.2 Å². The van der Waals surface area contributed by atoms with E-state index in [4.69, 9.17) is 11.6 Å². The van der Waals surface area contributed by atoms with Gasteiger partial charge in [-0.2, -0.15) is 5.10 Å². The number of hydrogen-bond acceptors (Lipinski definition) is 3. The van der Waals surface area contributed by atoms with E-state index in [9.17, 15) is 17.2 Å². The Morgan fingerprint density at radius 1 is 0.906 bits per heavy atom. The molecule has 1 aromatic heterocycles. The van der Waals surface area contributed by atoms with Crippen LogP contribution in [-0.2, 0) is 16.6 Å². The first-order valence-electron chi connectivity index (χ1n) is 9.62. The number of nitrogens with zero attached hydrogens (tertiary/aromatic N) is 2. The van der Waals surface area contributed by atoms with Crippen molar-refractivity contribution in [2.24, 2.45) is 0 Å². The number of nitrogens with one attached hydrogen (secondary N) is 1. The lowest BCUT2D eigenvalue weighted by Gasteiger charge is -2.10. The first-order chi connectivity index (χ1) is 15.3. The molecule has 9 heteroatoms. The molecule has 164 valence electrons. The fourth-order valence-electron chi connectivity index (χ4n) is 3.33. The summed E-state index contributed by atoms with van der Waals surface area (Å²) in [6.45, 7) is 0.0498. The number of alkyl halides is 2. The highest BCUT2D eigenvalue weighted by atomic mass is 35.5. The molecule has 0 saturated carbocycles. The van der Waals surface area contributed by atoms with E-state index in [-0.39, 0.29) is 28.5 Å². The van der Waals surface area contributed by atoms with Gasteiger partial charge in [0.1, 0.15) is 5.69 Å². The number of sulfonamides is 1. The number of halogens is 3. The Bertz CT molecular complexity index is 1310. The van der Waals surface area contributed by atoms with Crippen LogP contribution in [-0.4, -0.2) is 18.2 Å². The third kappa shape index (κ3) is 4.66. The number of anilines is 1. The Kier molecular flexibility index (Phi) is 6.25. The molecule has 0 aliphatic carbocycles. The van der Waals surface area contributed by atoms with Crippen LogP contribution < -0.4 is 4.72 Å². The van der Waals surface area contributed by atoms with Gasteiger partial charge >= 0.3 is 0 Å². The molecule has 0 aliphatic heterocycles. The first-order valence-corrected chi connectivity index (χ1v) is 11.5. The van der Waals surface area contributed by atoms with Gasteiger partial charge in [-0.05, 0) is 35.4 Å². The maximum Gasteiger partial charge on any atom is 0.280 e. The van der Waals surface area contributed by atoms with Crippen LogP contribution >= 0.6 is 11.6 Å². The van der Waals surface area contributed by atoms with Crippen molar-refractivity contribution in [3.63, 3.8) is 0 Å². The minimum atomic E-state index is -4.05. The van der Waals surface area contributed by atoms with Crippen LogP contribution in [0.25, 0.3) is 11.1 Å². The lowest BCUT2D eigenvalue weighted by Crippen LogP contribution is -2.14. The highest BCUT2D eigenvalue weighted by molar-refractivity contribution is 7.92. The summed E-state index contributed by atoms with van der Waals surface area (Å²) >= 11 is 5.96. The second-order valence-electron chi connectivity index (χ2n) is 6.98. The van der Waals surface area contributed by atoms with Crippen molar-refractivity contribution in [2.75, 3.05) is 4.72 Å². The molecule has 3 aromatic carbocycles. The Labute approximate surface area is 189 Å². The zero-order valence-corrected chi connectivity index (χ0v) is 18.2. The SMILES string of the molecule is O=S(=O)(Nc1nn(Cc2ccccc2)c(C(F)F)c1-c1ccc(Cl)cc1)c1ccccc1. The largest absolute Gasteiger partial charge is 0.280 e. The average molecular weight is 474 g/mol. The van der Waals surface area contributed by atoms with Gasteiger partial charge in [0, 0.05) is 5.02 Å². The average Bonchev–Trinajstić information content (AvgIpc) is 3.12. The van der Waals surface area contributed by atoms with E-state index in [1.165, 1.54) is 12.1 Å². The smallest absolute Gasteiger partial charge is 0.261 e. The Balaban J connectivity index is 1.87. The van der Waals surface area contributed by atoms with E-state index < -0.39 is 16.4 Å². The highest BCUT2D eigenvalue weighted by Gasteiger charge is 2.28. The van der Waals surface area contributed by atoms with Crippen molar-refractivity contribution >= 4 is 27.4 Å². The molecular weight excluding hydrogens is 456 g/mol. The molecule has 4 rings (SSSR count). The summed E-state index contributed by atoms with van der Waals surface area (Å²) in [4.78, 5) is -0.00161. The molecule has 0 unspecified atom stereocenters. The van der Waals surface area contributed by atoms with Gasteiger partial charge in [-0.25, -0.2) is 17.2 Å². The fourth-order valence-corrected chi connectivity index (χ4v) is 4.49. The highest BCUT2D eigenvalue weighted by Crippen LogP contribution is 2.38. The molecule has 4 aromatic rings. The summed E-state index contributed by atoms with van der Waals surface area (Å²) in [5.41, 5.74) is 0.737. The molecule has 0 aliphatic rings. The van der Waals surface area contributed by atoms with Gasteiger partial charge in [-0.3, -0.25) is 9.40 Å². The first kappa shape index (κ1) is 22.0. The molecule has 1 N–H and O–H groups in total. The van der Waals surface area contributed by atoms with Gasteiger partial charge < -0.3 is 0 Å². The normalized spacial score (nSPS) is 11.6. The van der Waals surface area contributed by atoms with Crippen molar-refractivity contribution in [3.8, 4) is 11.1 Å². The third-order valence-electron chi connectivity index (χ3n) is 4.79. The van der Waals surface area contributed by atoms with E-state index in [0.29, 0.717) is 10.6 Å². The van der Waals surface area contributed by atoms with Crippen molar-refractivity contribution in [2.45, 2.75) is 17.9 Å². The molecule has 0 fully saturated rings. The molecule has 0 amide bonds. The van der Waals surface area contributed by atoms with Crippen LogP contribution in [0.1, 0.15) is 17.7 Å². The topological polar surface area (TPSA) is 64.0 Å². The molecule has 0 radical (unpaired) electrons. The summed E-state index contributed by atoms with van der Waals surface area (Å²) in [6, 6.07) is 22.8. The minimum absolute atomic E-state index is 0.00161. The van der Waals surface area contributed by atoms with Gasteiger partial charge in [-0.15, -0.1) is 0 Å². The summed E-state index contributed by atoms with van der Waals surface area (Å²) in [6.07, 6.45) is -2.90. The van der Waals surface area contributed by atoms with Gasteiger partial charge in [0.15, 0.2) is 5.82 Å². The molecule has 32 heavy (non-hydrogen) atoms. The van der Waals surface area contributed by atoms with Crippen molar-refractivity contribution in [1.29, 1.82) is 0 Å². The molecule has 1 heterocycles. The van der Waals surface area contributed by atoms with Crippen LogP contribution in [0.5, 0.6) is 0 Å². The van der Waals surface area contributed by atoms with Crippen LogP contribution in [0.2, 0.25) is 5.02 Å². The van der Waals surface area contributed by atoms with Gasteiger partial charge in [0.05, 0.1) is 17.0 Å². The number of rotatable bonds is 7. The number of aromatic nitrogens is 2. The van der Waals surface area contributed by atoms with Gasteiger partial charge in [0.2, 0.25) is 0 Å². The van der Waals surface area contributed by atoms with Crippen LogP contribution in [0.3, 0.4) is 0 Å². The molecule has 0 saturated heterocycles. The minimum Gasteiger partial charge on any atom is -0.261 e. The van der Waals surface area contributed by atoms with Crippen LogP contribution in [0, 0.1) is 0 Å². The van der Waals surface area contributed by atoms with E-state index in [1.54, 1.807) is 66.7 Å². The second kappa shape index (κ2) is 9.10. The van der Waals surface area contributed by atoms with Crippen molar-refractivity contribution in [1.82, 2.24) is 9.78 Å². The zero-order chi connectivity index (χ0) is 22.7.